The molecule has 0 aliphatic heterocycles. The predicted molar refractivity (Wildman–Crippen MR) is 108 cm³/mol. The predicted octanol–water partition coefficient (Wildman–Crippen LogP) is 3.55. The number of rotatable bonds is 6. The van der Waals surface area contributed by atoms with Crippen LogP contribution in [0.3, 0.4) is 0 Å². The maximum absolute atomic E-state index is 12.7. The van der Waals surface area contributed by atoms with Gasteiger partial charge in [-0.05, 0) is 30.7 Å². The molecule has 4 aromatic rings. The molecule has 0 spiro atoms. The van der Waals surface area contributed by atoms with Crippen molar-refractivity contribution in [3.8, 4) is 11.4 Å². The van der Waals surface area contributed by atoms with Gasteiger partial charge >= 0.3 is 0 Å². The van der Waals surface area contributed by atoms with Crippen LogP contribution in [0.2, 0.25) is 0 Å². The Hall–Kier alpha value is -3.67. The first-order chi connectivity index (χ1) is 13.8. The van der Waals surface area contributed by atoms with E-state index in [2.05, 4.69) is 15.5 Å². The molecular weight excluding hydrogens is 350 g/mol. The highest BCUT2D eigenvalue weighted by molar-refractivity contribution is 5.95. The molecule has 1 N–H and O–H groups in total. The second kappa shape index (κ2) is 7.92. The highest BCUT2D eigenvalue weighted by atomic mass is 16.1. The fraction of sp³-hybridized carbons (Fsp3) is 0.136. The van der Waals surface area contributed by atoms with Crippen LogP contribution in [0, 0.1) is 0 Å². The van der Waals surface area contributed by atoms with E-state index in [9.17, 15) is 4.79 Å². The molecule has 0 bridgehead atoms. The van der Waals surface area contributed by atoms with Crippen LogP contribution in [-0.4, -0.2) is 25.5 Å². The smallest absolute Gasteiger partial charge is 0.255 e. The van der Waals surface area contributed by atoms with Gasteiger partial charge in [-0.25, -0.2) is 9.36 Å². The number of carbonyl (C=O) groups excluding carboxylic acids is 1. The van der Waals surface area contributed by atoms with E-state index in [1.54, 1.807) is 17.1 Å². The molecule has 2 heterocycles. The van der Waals surface area contributed by atoms with Gasteiger partial charge in [0.1, 0.15) is 0 Å². The summed E-state index contributed by atoms with van der Waals surface area (Å²) in [6.07, 6.45) is 6.03. The molecule has 0 aliphatic rings. The van der Waals surface area contributed by atoms with Gasteiger partial charge in [-0.2, -0.15) is 10.2 Å². The SMILES string of the molecule is CCc1c(C(=O)NCc2cnn(-c3ccccc3)c2)cnn1-c1ccccc1. The fourth-order valence-corrected chi connectivity index (χ4v) is 3.15. The summed E-state index contributed by atoms with van der Waals surface area (Å²) in [5, 5.41) is 11.8. The molecule has 0 aliphatic carbocycles. The number of nitrogens with one attached hydrogen (secondary N) is 1. The zero-order valence-electron chi connectivity index (χ0n) is 15.6. The van der Waals surface area contributed by atoms with Crippen molar-refractivity contribution < 1.29 is 4.79 Å². The normalized spacial score (nSPS) is 10.8. The Kier molecular flexibility index (Phi) is 5.01. The van der Waals surface area contributed by atoms with Crippen molar-refractivity contribution in [3.05, 3.63) is 96.1 Å². The molecule has 0 unspecified atom stereocenters. The lowest BCUT2D eigenvalue weighted by atomic mass is 10.2. The van der Waals surface area contributed by atoms with Crippen LogP contribution in [0.1, 0.15) is 28.5 Å². The van der Waals surface area contributed by atoms with Gasteiger partial charge in [0, 0.05) is 18.3 Å². The third kappa shape index (κ3) is 3.57. The lowest BCUT2D eigenvalue weighted by molar-refractivity contribution is 0.0950. The lowest BCUT2D eigenvalue weighted by Gasteiger charge is -2.08. The molecule has 1 amide bonds. The van der Waals surface area contributed by atoms with Crippen molar-refractivity contribution >= 4 is 5.91 Å². The third-order valence-corrected chi connectivity index (χ3v) is 4.56. The second-order valence-corrected chi connectivity index (χ2v) is 6.42. The maximum Gasteiger partial charge on any atom is 0.255 e. The van der Waals surface area contributed by atoms with Gasteiger partial charge in [0.2, 0.25) is 0 Å². The topological polar surface area (TPSA) is 64.7 Å². The number of para-hydroxylation sites is 2. The van der Waals surface area contributed by atoms with E-state index in [1.165, 1.54) is 0 Å². The zero-order valence-corrected chi connectivity index (χ0v) is 15.6. The molecule has 0 radical (unpaired) electrons. The Bertz CT molecular complexity index is 1070. The molecule has 2 aromatic carbocycles. The van der Waals surface area contributed by atoms with Gasteiger partial charge in [-0.3, -0.25) is 4.79 Å². The standard InChI is InChI=1S/C22H21N5O/c1-2-21-20(15-25-27(21)19-11-7-4-8-12-19)22(28)23-13-17-14-24-26(16-17)18-9-5-3-6-10-18/h3-12,14-16H,2,13H2,1H3,(H,23,28). The highest BCUT2D eigenvalue weighted by Gasteiger charge is 2.17. The molecule has 0 saturated heterocycles. The summed E-state index contributed by atoms with van der Waals surface area (Å²) in [5.41, 5.74) is 4.36. The number of benzene rings is 2. The minimum absolute atomic E-state index is 0.133. The van der Waals surface area contributed by atoms with Crippen molar-refractivity contribution in [3.63, 3.8) is 0 Å². The number of hydrogen-bond acceptors (Lipinski definition) is 3. The van der Waals surface area contributed by atoms with E-state index in [0.29, 0.717) is 18.5 Å². The Balaban J connectivity index is 1.48. The monoisotopic (exact) mass is 371 g/mol. The highest BCUT2D eigenvalue weighted by Crippen LogP contribution is 2.16. The van der Waals surface area contributed by atoms with Gasteiger partial charge in [-0.15, -0.1) is 0 Å². The van der Waals surface area contributed by atoms with Crippen molar-refractivity contribution in [2.24, 2.45) is 0 Å². The van der Waals surface area contributed by atoms with E-state index in [-0.39, 0.29) is 5.91 Å². The molecule has 140 valence electrons. The molecule has 2 aromatic heterocycles. The number of hydrogen-bond donors (Lipinski definition) is 1. The summed E-state index contributed by atoms with van der Waals surface area (Å²) in [6, 6.07) is 19.7. The molecule has 28 heavy (non-hydrogen) atoms. The number of carbonyl (C=O) groups is 1. The van der Waals surface area contributed by atoms with Gasteiger partial charge in [-0.1, -0.05) is 43.3 Å². The summed E-state index contributed by atoms with van der Waals surface area (Å²) in [5.74, 6) is -0.133. The lowest BCUT2D eigenvalue weighted by Crippen LogP contribution is -2.23. The van der Waals surface area contributed by atoms with Crippen LogP contribution < -0.4 is 5.32 Å². The van der Waals surface area contributed by atoms with E-state index >= 15 is 0 Å². The van der Waals surface area contributed by atoms with Crippen LogP contribution in [0.25, 0.3) is 11.4 Å². The largest absolute Gasteiger partial charge is 0.348 e. The van der Waals surface area contributed by atoms with Crippen LogP contribution in [0.5, 0.6) is 0 Å². The quantitative estimate of drug-likeness (QED) is 0.564. The van der Waals surface area contributed by atoms with E-state index < -0.39 is 0 Å². The van der Waals surface area contributed by atoms with Crippen molar-refractivity contribution in [1.29, 1.82) is 0 Å². The van der Waals surface area contributed by atoms with E-state index in [4.69, 9.17) is 0 Å². The molecular formula is C22H21N5O. The summed E-state index contributed by atoms with van der Waals surface area (Å²) in [4.78, 5) is 12.7. The fourth-order valence-electron chi connectivity index (χ4n) is 3.15. The summed E-state index contributed by atoms with van der Waals surface area (Å²) in [7, 11) is 0. The zero-order chi connectivity index (χ0) is 19.3. The molecule has 0 fully saturated rings. The van der Waals surface area contributed by atoms with Gasteiger partial charge in [0.15, 0.2) is 0 Å². The van der Waals surface area contributed by atoms with Crippen LogP contribution in [-0.2, 0) is 13.0 Å². The molecule has 0 atom stereocenters. The van der Waals surface area contributed by atoms with Crippen LogP contribution >= 0.6 is 0 Å². The van der Waals surface area contributed by atoms with Gasteiger partial charge < -0.3 is 5.32 Å². The Morgan fingerprint density at radius 1 is 0.929 bits per heavy atom. The minimum Gasteiger partial charge on any atom is -0.348 e. The Morgan fingerprint density at radius 2 is 1.61 bits per heavy atom. The number of amides is 1. The molecule has 6 nitrogen and oxygen atoms in total. The van der Waals surface area contributed by atoms with Crippen molar-refractivity contribution in [2.75, 3.05) is 0 Å². The van der Waals surface area contributed by atoms with Gasteiger partial charge in [0.05, 0.1) is 35.0 Å². The molecule has 6 heteroatoms. The van der Waals surface area contributed by atoms with Crippen LogP contribution in [0.15, 0.2) is 79.3 Å². The Morgan fingerprint density at radius 3 is 2.29 bits per heavy atom. The summed E-state index contributed by atoms with van der Waals surface area (Å²) >= 11 is 0. The number of aromatic nitrogens is 4. The average molecular weight is 371 g/mol. The molecule has 4 rings (SSSR count). The average Bonchev–Trinajstić information content (AvgIpc) is 3.40. The Labute approximate surface area is 163 Å². The first kappa shape index (κ1) is 17.7. The summed E-state index contributed by atoms with van der Waals surface area (Å²) < 4.78 is 3.62. The first-order valence-electron chi connectivity index (χ1n) is 9.25. The maximum atomic E-state index is 12.7. The minimum atomic E-state index is -0.133. The summed E-state index contributed by atoms with van der Waals surface area (Å²) in [6.45, 7) is 2.43. The van der Waals surface area contributed by atoms with Crippen molar-refractivity contribution in [1.82, 2.24) is 24.9 Å². The first-order valence-corrected chi connectivity index (χ1v) is 9.25. The third-order valence-electron chi connectivity index (χ3n) is 4.56. The van der Waals surface area contributed by atoms with Crippen molar-refractivity contribution in [2.45, 2.75) is 19.9 Å². The van der Waals surface area contributed by atoms with E-state index in [0.717, 1.165) is 22.6 Å². The van der Waals surface area contributed by atoms with Crippen LogP contribution in [0.4, 0.5) is 0 Å². The van der Waals surface area contributed by atoms with E-state index in [1.807, 2.05) is 78.5 Å². The van der Waals surface area contributed by atoms with Gasteiger partial charge in [0.25, 0.3) is 5.91 Å². The number of nitrogens with zero attached hydrogens (tertiary/aromatic N) is 4. The second-order valence-electron chi connectivity index (χ2n) is 6.42. The molecule has 0 saturated carbocycles.